The van der Waals surface area contributed by atoms with Gasteiger partial charge in [0, 0.05) is 46.1 Å². The van der Waals surface area contributed by atoms with Crippen molar-refractivity contribution in [2.24, 2.45) is 0 Å². The minimum atomic E-state index is -1.87. The lowest BCUT2D eigenvalue weighted by Gasteiger charge is -2.47. The van der Waals surface area contributed by atoms with Crippen LogP contribution in [-0.4, -0.2) is 56.1 Å². The number of hydrogen-bond acceptors (Lipinski definition) is 4. The SMILES string of the molecule is CC(C)(C)OC(=O)N1CCC2(CC1)CNC(CO[Si](C)(C)C(C)(C)C)c1[nH]c3cc(Br)ccc3c12. The van der Waals surface area contributed by atoms with Crippen LogP contribution in [0.15, 0.2) is 22.7 Å². The molecule has 6 nitrogen and oxygen atoms in total. The van der Waals surface area contributed by atoms with Gasteiger partial charge in [-0.3, -0.25) is 0 Å². The van der Waals surface area contributed by atoms with Crippen LogP contribution in [0, 0.1) is 0 Å². The lowest BCUT2D eigenvalue weighted by molar-refractivity contribution is 0.0156. The first-order chi connectivity index (χ1) is 16.1. The second kappa shape index (κ2) is 9.19. The van der Waals surface area contributed by atoms with E-state index in [9.17, 15) is 4.79 Å². The van der Waals surface area contributed by atoms with Crippen molar-refractivity contribution < 1.29 is 14.0 Å². The lowest BCUT2D eigenvalue weighted by Crippen LogP contribution is -2.54. The quantitative estimate of drug-likeness (QED) is 0.400. The maximum Gasteiger partial charge on any atom is 0.410 e. The van der Waals surface area contributed by atoms with Crippen LogP contribution in [0.5, 0.6) is 0 Å². The average Bonchev–Trinajstić information content (AvgIpc) is 3.11. The minimum Gasteiger partial charge on any atom is -0.444 e. The molecule has 1 spiro atoms. The van der Waals surface area contributed by atoms with E-state index in [0.29, 0.717) is 19.7 Å². The second-order valence-electron chi connectivity index (χ2n) is 12.9. The summed E-state index contributed by atoms with van der Waals surface area (Å²) in [5, 5.41) is 5.29. The van der Waals surface area contributed by atoms with Crippen molar-refractivity contribution in [1.29, 1.82) is 0 Å². The molecule has 0 aliphatic carbocycles. The van der Waals surface area contributed by atoms with Gasteiger partial charge >= 0.3 is 6.09 Å². The molecule has 2 aliphatic rings. The topological polar surface area (TPSA) is 66.6 Å². The molecule has 194 valence electrons. The van der Waals surface area contributed by atoms with E-state index in [0.717, 1.165) is 29.4 Å². The van der Waals surface area contributed by atoms with E-state index in [4.69, 9.17) is 9.16 Å². The fraction of sp³-hybridized carbons (Fsp3) is 0.667. The fourth-order valence-electron chi connectivity index (χ4n) is 5.05. The second-order valence-corrected chi connectivity index (χ2v) is 18.6. The number of fused-ring (bicyclic) bond motifs is 4. The first kappa shape index (κ1) is 26.7. The first-order valence-electron chi connectivity index (χ1n) is 12.8. The Kier molecular flexibility index (Phi) is 7.01. The summed E-state index contributed by atoms with van der Waals surface area (Å²) >= 11 is 3.64. The number of rotatable bonds is 3. The molecule has 1 amide bonds. The molecule has 0 bridgehead atoms. The Morgan fingerprint density at radius 3 is 2.43 bits per heavy atom. The molecular weight excluding hydrogens is 522 g/mol. The number of nitrogens with one attached hydrogen (secondary N) is 2. The molecule has 1 aromatic heterocycles. The molecule has 4 rings (SSSR count). The van der Waals surface area contributed by atoms with Gasteiger partial charge in [-0.2, -0.15) is 0 Å². The maximum absolute atomic E-state index is 12.7. The van der Waals surface area contributed by atoms with Crippen LogP contribution in [0.3, 0.4) is 0 Å². The van der Waals surface area contributed by atoms with Gasteiger partial charge in [0.25, 0.3) is 0 Å². The Morgan fingerprint density at radius 1 is 1.17 bits per heavy atom. The molecule has 2 aliphatic heterocycles. The summed E-state index contributed by atoms with van der Waals surface area (Å²) in [6.45, 7) is 20.2. The number of likely N-dealkylation sites (tertiary alicyclic amines) is 1. The maximum atomic E-state index is 12.7. The third-order valence-corrected chi connectivity index (χ3v) is 13.1. The zero-order chi connectivity index (χ0) is 25.8. The predicted octanol–water partition coefficient (Wildman–Crippen LogP) is 6.87. The van der Waals surface area contributed by atoms with Crippen LogP contribution >= 0.6 is 15.9 Å². The number of H-pyrrole nitrogens is 1. The average molecular weight is 565 g/mol. The van der Waals surface area contributed by atoms with E-state index in [2.05, 4.69) is 78.3 Å². The molecule has 1 unspecified atom stereocenters. The molecule has 0 radical (unpaired) electrons. The van der Waals surface area contributed by atoms with Crippen molar-refractivity contribution in [2.45, 2.75) is 89.6 Å². The number of carbonyl (C=O) groups is 1. The van der Waals surface area contributed by atoms with Crippen molar-refractivity contribution in [2.75, 3.05) is 26.2 Å². The minimum absolute atomic E-state index is 0.0204. The molecular formula is C27H42BrN3O3Si. The van der Waals surface area contributed by atoms with Crippen LogP contribution in [0.4, 0.5) is 4.79 Å². The summed E-state index contributed by atoms with van der Waals surface area (Å²) in [7, 11) is -1.87. The largest absolute Gasteiger partial charge is 0.444 e. The number of aromatic amines is 1. The highest BCUT2D eigenvalue weighted by molar-refractivity contribution is 9.10. The van der Waals surface area contributed by atoms with Gasteiger partial charge in [0.2, 0.25) is 0 Å². The number of hydrogen-bond donors (Lipinski definition) is 2. The molecule has 2 N–H and O–H groups in total. The van der Waals surface area contributed by atoms with Gasteiger partial charge in [0.1, 0.15) is 5.60 Å². The van der Waals surface area contributed by atoms with Crippen molar-refractivity contribution in [1.82, 2.24) is 15.2 Å². The normalized spacial score (nSPS) is 20.8. The molecule has 1 aromatic carbocycles. The summed E-state index contributed by atoms with van der Waals surface area (Å²) in [4.78, 5) is 18.3. The molecule has 1 atom stereocenters. The predicted molar refractivity (Wildman–Crippen MR) is 149 cm³/mol. The zero-order valence-corrected chi connectivity index (χ0v) is 25.2. The van der Waals surface area contributed by atoms with E-state index in [1.54, 1.807) is 0 Å². The van der Waals surface area contributed by atoms with Gasteiger partial charge in [-0.05, 0) is 69.4 Å². The number of carbonyl (C=O) groups excluding carboxylic acids is 1. The number of benzene rings is 1. The highest BCUT2D eigenvalue weighted by Crippen LogP contribution is 2.47. The third-order valence-electron chi connectivity index (χ3n) is 8.14. The first-order valence-corrected chi connectivity index (χ1v) is 16.5. The molecule has 35 heavy (non-hydrogen) atoms. The molecule has 3 heterocycles. The third kappa shape index (κ3) is 5.36. The zero-order valence-electron chi connectivity index (χ0n) is 22.6. The Morgan fingerprint density at radius 2 is 1.83 bits per heavy atom. The Labute approximate surface area is 219 Å². The lowest BCUT2D eigenvalue weighted by atomic mass is 9.69. The number of nitrogens with zero attached hydrogens (tertiary/aromatic N) is 1. The number of amides is 1. The Balaban J connectivity index is 1.63. The highest BCUT2D eigenvalue weighted by atomic mass is 79.9. The van der Waals surface area contributed by atoms with Gasteiger partial charge in [0.15, 0.2) is 8.32 Å². The number of piperidine rings is 1. The fourth-order valence-corrected chi connectivity index (χ4v) is 6.43. The van der Waals surface area contributed by atoms with Crippen LogP contribution in [0.1, 0.15) is 71.7 Å². The summed E-state index contributed by atoms with van der Waals surface area (Å²) in [6.07, 6.45) is 1.61. The summed E-state index contributed by atoms with van der Waals surface area (Å²) in [5.74, 6) is 0. The van der Waals surface area contributed by atoms with Crippen molar-refractivity contribution in [3.8, 4) is 0 Å². The van der Waals surface area contributed by atoms with Crippen LogP contribution in [0.25, 0.3) is 10.9 Å². The van der Waals surface area contributed by atoms with Crippen molar-refractivity contribution in [3.63, 3.8) is 0 Å². The van der Waals surface area contributed by atoms with E-state index in [1.807, 2.05) is 25.7 Å². The van der Waals surface area contributed by atoms with E-state index in [-0.39, 0.29) is 22.6 Å². The molecule has 0 saturated carbocycles. The van der Waals surface area contributed by atoms with Gasteiger partial charge in [-0.1, -0.05) is 42.8 Å². The Hall–Kier alpha value is -1.35. The smallest absolute Gasteiger partial charge is 0.410 e. The molecule has 8 heteroatoms. The number of halogens is 1. The summed E-state index contributed by atoms with van der Waals surface area (Å²) < 4.78 is 13.4. The highest BCUT2D eigenvalue weighted by Gasteiger charge is 2.46. The monoisotopic (exact) mass is 563 g/mol. The van der Waals surface area contributed by atoms with E-state index >= 15 is 0 Å². The summed E-state index contributed by atoms with van der Waals surface area (Å²) in [5.41, 5.74) is 3.31. The standard InChI is InChI=1S/C27H42BrN3O3Si/c1-25(2,3)34-24(32)31-13-11-27(12-14-31)17-29-21(16-33-35(7,8)26(4,5)6)23-22(27)19-10-9-18(28)15-20(19)30-23/h9-10,15,21,29-30H,11-14,16-17H2,1-8H3. The van der Waals surface area contributed by atoms with Gasteiger partial charge in [0.05, 0.1) is 12.6 Å². The van der Waals surface area contributed by atoms with Crippen LogP contribution < -0.4 is 5.32 Å². The van der Waals surface area contributed by atoms with Crippen molar-refractivity contribution in [3.05, 3.63) is 33.9 Å². The van der Waals surface area contributed by atoms with E-state index < -0.39 is 13.9 Å². The van der Waals surface area contributed by atoms with Crippen LogP contribution in [-0.2, 0) is 14.6 Å². The molecule has 2 aromatic rings. The molecule has 1 fully saturated rings. The van der Waals surface area contributed by atoms with Crippen molar-refractivity contribution >= 4 is 41.2 Å². The van der Waals surface area contributed by atoms with Gasteiger partial charge in [-0.25, -0.2) is 4.79 Å². The summed E-state index contributed by atoms with van der Waals surface area (Å²) in [6, 6.07) is 6.65. The Bertz CT molecular complexity index is 1090. The van der Waals surface area contributed by atoms with Gasteiger partial charge < -0.3 is 24.4 Å². The number of ether oxygens (including phenoxy) is 1. The number of aromatic nitrogens is 1. The van der Waals surface area contributed by atoms with E-state index in [1.165, 1.54) is 16.6 Å². The van der Waals surface area contributed by atoms with Gasteiger partial charge in [-0.15, -0.1) is 0 Å². The van der Waals surface area contributed by atoms with Crippen LogP contribution in [0.2, 0.25) is 18.1 Å². The molecule has 1 saturated heterocycles.